The number of halogens is 2. The molecule has 0 amide bonds. The molecule has 0 aliphatic carbocycles. The van der Waals surface area contributed by atoms with Gasteiger partial charge in [0.25, 0.3) is 0 Å². The smallest absolute Gasteiger partial charge is 0.153 e. The van der Waals surface area contributed by atoms with Crippen LogP contribution in [-0.2, 0) is 0 Å². The van der Waals surface area contributed by atoms with E-state index in [0.717, 1.165) is 11.3 Å². The molecule has 0 aliphatic rings. The second kappa shape index (κ2) is 3.22. The number of hydrogen-bond acceptors (Lipinski definition) is 3. The Morgan fingerprint density at radius 2 is 2.09 bits per heavy atom. The molecule has 0 bridgehead atoms. The van der Waals surface area contributed by atoms with Gasteiger partial charge in [-0.05, 0) is 0 Å². The van der Waals surface area contributed by atoms with Crippen molar-refractivity contribution in [1.29, 1.82) is 5.26 Å². The molecule has 1 rings (SSSR count). The highest BCUT2D eigenvalue weighted by Crippen LogP contribution is 2.34. The van der Waals surface area contributed by atoms with E-state index in [9.17, 15) is 4.79 Å². The number of nitriles is 1. The fraction of sp³-hybridized carbons (Fsp3) is 0. The van der Waals surface area contributed by atoms with Gasteiger partial charge in [-0.25, -0.2) is 0 Å². The standard InChI is InChI=1S/C6HCl2NOS/c7-5-3(1-9)4(2-10)6(8)11-5/h2H. The summed E-state index contributed by atoms with van der Waals surface area (Å²) in [5.41, 5.74) is 0.348. The van der Waals surface area contributed by atoms with Crippen LogP contribution in [0.15, 0.2) is 0 Å². The van der Waals surface area contributed by atoms with E-state index < -0.39 is 0 Å². The molecule has 1 aromatic heterocycles. The summed E-state index contributed by atoms with van der Waals surface area (Å²) < 4.78 is 0.529. The highest BCUT2D eigenvalue weighted by molar-refractivity contribution is 7.20. The third kappa shape index (κ3) is 1.38. The van der Waals surface area contributed by atoms with E-state index in [1.165, 1.54) is 0 Å². The zero-order chi connectivity index (χ0) is 8.43. The first-order chi connectivity index (χ1) is 5.20. The maximum atomic E-state index is 10.3. The zero-order valence-electron chi connectivity index (χ0n) is 5.10. The number of carbonyl (C=O) groups excluding carboxylic acids is 1. The lowest BCUT2D eigenvalue weighted by Crippen LogP contribution is -1.80. The molecule has 0 atom stereocenters. The number of nitrogens with zero attached hydrogens (tertiary/aromatic N) is 1. The highest BCUT2D eigenvalue weighted by Gasteiger charge is 2.14. The van der Waals surface area contributed by atoms with Crippen LogP contribution in [0.2, 0.25) is 8.67 Å². The molecule has 5 heteroatoms. The Labute approximate surface area is 77.0 Å². The fourth-order valence-corrected chi connectivity index (χ4v) is 2.14. The minimum absolute atomic E-state index is 0.164. The second-order valence-corrected chi connectivity index (χ2v) is 3.89. The van der Waals surface area contributed by atoms with Gasteiger partial charge in [0.15, 0.2) is 6.29 Å². The van der Waals surface area contributed by atoms with Crippen LogP contribution >= 0.6 is 34.5 Å². The minimum atomic E-state index is 0.164. The van der Waals surface area contributed by atoms with Crippen molar-refractivity contribution in [3.8, 4) is 6.07 Å². The van der Waals surface area contributed by atoms with Crippen molar-refractivity contribution < 1.29 is 4.79 Å². The molecule has 0 fully saturated rings. The molecule has 0 N–H and O–H groups in total. The number of carbonyl (C=O) groups is 1. The van der Waals surface area contributed by atoms with Gasteiger partial charge in [0.1, 0.15) is 14.7 Å². The molecule has 0 radical (unpaired) electrons. The number of hydrogen-bond donors (Lipinski definition) is 0. The second-order valence-electron chi connectivity index (χ2n) is 1.67. The lowest BCUT2D eigenvalue weighted by Gasteiger charge is -1.82. The summed E-state index contributed by atoms with van der Waals surface area (Å²) in [6.45, 7) is 0. The van der Waals surface area contributed by atoms with E-state index in [1.54, 1.807) is 6.07 Å². The third-order valence-corrected chi connectivity index (χ3v) is 2.72. The molecule has 0 saturated carbocycles. The Morgan fingerprint density at radius 1 is 1.45 bits per heavy atom. The third-order valence-electron chi connectivity index (χ3n) is 1.09. The van der Waals surface area contributed by atoms with Crippen molar-refractivity contribution in [3.05, 3.63) is 19.8 Å². The van der Waals surface area contributed by atoms with E-state index in [4.69, 9.17) is 28.5 Å². The summed E-state index contributed by atoms with van der Waals surface area (Å²) in [6, 6.07) is 1.80. The normalized spacial score (nSPS) is 9.18. The van der Waals surface area contributed by atoms with Crippen LogP contribution in [0.3, 0.4) is 0 Å². The van der Waals surface area contributed by atoms with E-state index in [1.807, 2.05) is 0 Å². The predicted octanol–water partition coefficient (Wildman–Crippen LogP) is 2.74. The first-order valence-electron chi connectivity index (χ1n) is 2.53. The van der Waals surface area contributed by atoms with Crippen LogP contribution in [0, 0.1) is 11.3 Å². The first kappa shape index (κ1) is 8.54. The molecule has 1 aromatic rings. The van der Waals surface area contributed by atoms with E-state index in [2.05, 4.69) is 0 Å². The Hall–Kier alpha value is -0.560. The number of aldehydes is 1. The van der Waals surface area contributed by atoms with Gasteiger partial charge < -0.3 is 0 Å². The summed E-state index contributed by atoms with van der Waals surface area (Å²) in [5, 5.41) is 8.50. The van der Waals surface area contributed by atoms with Gasteiger partial charge in [-0.15, -0.1) is 11.3 Å². The van der Waals surface area contributed by atoms with Crippen molar-refractivity contribution in [2.24, 2.45) is 0 Å². The fourth-order valence-electron chi connectivity index (χ4n) is 0.598. The van der Waals surface area contributed by atoms with Crippen LogP contribution in [0.1, 0.15) is 15.9 Å². The molecule has 0 aliphatic heterocycles. The number of rotatable bonds is 1. The van der Waals surface area contributed by atoms with Crippen molar-refractivity contribution in [3.63, 3.8) is 0 Å². The summed E-state index contributed by atoms with van der Waals surface area (Å²) in [7, 11) is 0. The van der Waals surface area contributed by atoms with E-state index in [-0.39, 0.29) is 19.8 Å². The summed E-state index contributed by atoms with van der Waals surface area (Å²) in [4.78, 5) is 10.3. The van der Waals surface area contributed by atoms with Crippen LogP contribution in [0.25, 0.3) is 0 Å². The van der Waals surface area contributed by atoms with Gasteiger partial charge in [-0.3, -0.25) is 4.79 Å². The molecular weight excluding hydrogens is 205 g/mol. The average molecular weight is 206 g/mol. The Balaban J connectivity index is 3.43. The maximum Gasteiger partial charge on any atom is 0.153 e. The van der Waals surface area contributed by atoms with Gasteiger partial charge in [0.2, 0.25) is 0 Å². The lowest BCUT2D eigenvalue weighted by molar-refractivity contribution is 0.112. The largest absolute Gasteiger partial charge is 0.298 e. The van der Waals surface area contributed by atoms with Gasteiger partial charge in [-0.2, -0.15) is 5.26 Å². The molecule has 0 unspecified atom stereocenters. The van der Waals surface area contributed by atoms with Gasteiger partial charge in [0, 0.05) is 0 Å². The zero-order valence-corrected chi connectivity index (χ0v) is 7.43. The van der Waals surface area contributed by atoms with Gasteiger partial charge in [0.05, 0.1) is 11.1 Å². The van der Waals surface area contributed by atoms with Gasteiger partial charge in [-0.1, -0.05) is 23.2 Å². The molecule has 2 nitrogen and oxygen atoms in total. The van der Waals surface area contributed by atoms with Crippen LogP contribution in [0.4, 0.5) is 0 Å². The van der Waals surface area contributed by atoms with Gasteiger partial charge >= 0.3 is 0 Å². The van der Waals surface area contributed by atoms with Crippen LogP contribution < -0.4 is 0 Å². The Bertz CT molecular complexity index is 339. The van der Waals surface area contributed by atoms with E-state index >= 15 is 0 Å². The predicted molar refractivity (Wildman–Crippen MR) is 44.4 cm³/mol. The average Bonchev–Trinajstić information content (AvgIpc) is 2.24. The Morgan fingerprint density at radius 3 is 2.45 bits per heavy atom. The molecule has 0 saturated heterocycles. The lowest BCUT2D eigenvalue weighted by atomic mass is 10.2. The molecule has 0 aromatic carbocycles. The van der Waals surface area contributed by atoms with Crippen molar-refractivity contribution in [2.75, 3.05) is 0 Å². The van der Waals surface area contributed by atoms with E-state index in [0.29, 0.717) is 6.29 Å². The molecule has 56 valence electrons. The summed E-state index contributed by atoms with van der Waals surface area (Å²) >= 11 is 12.2. The quantitative estimate of drug-likeness (QED) is 0.662. The van der Waals surface area contributed by atoms with Crippen molar-refractivity contribution in [2.45, 2.75) is 0 Å². The van der Waals surface area contributed by atoms with Crippen molar-refractivity contribution >= 4 is 40.8 Å². The van der Waals surface area contributed by atoms with Crippen LogP contribution in [0.5, 0.6) is 0 Å². The summed E-state index contributed by atoms with van der Waals surface area (Å²) in [5.74, 6) is 0. The monoisotopic (exact) mass is 205 g/mol. The van der Waals surface area contributed by atoms with Crippen LogP contribution in [-0.4, -0.2) is 6.29 Å². The minimum Gasteiger partial charge on any atom is -0.298 e. The van der Waals surface area contributed by atoms with Crippen molar-refractivity contribution in [1.82, 2.24) is 0 Å². The molecule has 0 spiro atoms. The molecular formula is C6HCl2NOS. The highest BCUT2D eigenvalue weighted by atomic mass is 35.5. The first-order valence-corrected chi connectivity index (χ1v) is 4.11. The maximum absolute atomic E-state index is 10.3. The molecule has 11 heavy (non-hydrogen) atoms. The Kier molecular flexibility index (Phi) is 2.50. The topological polar surface area (TPSA) is 40.9 Å². The molecule has 1 heterocycles. The summed E-state index contributed by atoms with van der Waals surface area (Å²) in [6.07, 6.45) is 0.531. The number of thiophene rings is 1. The SMILES string of the molecule is N#Cc1c(Cl)sc(Cl)c1C=O.